The molecule has 24 heavy (non-hydrogen) atoms. The van der Waals surface area contributed by atoms with Gasteiger partial charge in [-0.15, -0.1) is 11.3 Å². The third-order valence-corrected chi connectivity index (χ3v) is 5.15. The van der Waals surface area contributed by atoms with Gasteiger partial charge in [0.05, 0.1) is 22.7 Å². The fraction of sp³-hybridized carbons (Fsp3) is 0.353. The number of esters is 1. The number of ether oxygens (including phenoxy) is 1. The third kappa shape index (κ3) is 2.65. The maximum absolute atomic E-state index is 12.4. The molecule has 1 aliphatic carbocycles. The van der Waals surface area contributed by atoms with Crippen LogP contribution in [-0.4, -0.2) is 17.5 Å². The number of thiophene rings is 1. The zero-order chi connectivity index (χ0) is 17.3. The van der Waals surface area contributed by atoms with Gasteiger partial charge < -0.3 is 10.5 Å². The number of nitrogens with two attached hydrogens (primary N) is 1. The molecule has 126 valence electrons. The molecule has 0 radical (unpaired) electrons. The van der Waals surface area contributed by atoms with Gasteiger partial charge >= 0.3 is 11.7 Å². The summed E-state index contributed by atoms with van der Waals surface area (Å²) in [5.74, 6) is -0.575. The molecule has 1 aliphatic rings. The van der Waals surface area contributed by atoms with Crippen LogP contribution in [0.1, 0.15) is 41.3 Å². The van der Waals surface area contributed by atoms with E-state index >= 15 is 0 Å². The van der Waals surface area contributed by atoms with Crippen molar-refractivity contribution in [2.75, 3.05) is 12.3 Å². The predicted molar refractivity (Wildman–Crippen MR) is 93.4 cm³/mol. The summed E-state index contributed by atoms with van der Waals surface area (Å²) >= 11 is 1.44. The number of rotatable bonds is 4. The van der Waals surface area contributed by atoms with Gasteiger partial charge in [-0.2, -0.15) is 0 Å². The van der Waals surface area contributed by atoms with Gasteiger partial charge in [-0.25, -0.2) is 4.79 Å². The Morgan fingerprint density at radius 1 is 1.38 bits per heavy atom. The van der Waals surface area contributed by atoms with Crippen molar-refractivity contribution < 1.29 is 14.5 Å². The van der Waals surface area contributed by atoms with E-state index in [4.69, 9.17) is 10.5 Å². The lowest BCUT2D eigenvalue weighted by Gasteiger charge is -2.23. The largest absolute Gasteiger partial charge is 0.462 e. The van der Waals surface area contributed by atoms with E-state index in [1.165, 1.54) is 11.3 Å². The monoisotopic (exact) mass is 346 g/mol. The molecule has 6 nitrogen and oxygen atoms in total. The van der Waals surface area contributed by atoms with Crippen molar-refractivity contribution in [3.63, 3.8) is 0 Å². The summed E-state index contributed by atoms with van der Waals surface area (Å²) in [5.41, 5.74) is 8.27. The molecule has 0 saturated heterocycles. The number of benzene rings is 1. The number of hydrogen-bond acceptors (Lipinski definition) is 6. The normalized spacial score (nSPS) is 13.4. The highest BCUT2D eigenvalue weighted by Gasteiger charge is 2.34. The maximum atomic E-state index is 12.4. The molecule has 0 atom stereocenters. The van der Waals surface area contributed by atoms with Gasteiger partial charge in [0.2, 0.25) is 0 Å². The van der Waals surface area contributed by atoms with E-state index < -0.39 is 10.9 Å². The van der Waals surface area contributed by atoms with Crippen LogP contribution in [0.5, 0.6) is 0 Å². The first-order valence-corrected chi connectivity index (χ1v) is 8.76. The highest BCUT2D eigenvalue weighted by Crippen LogP contribution is 2.46. The summed E-state index contributed by atoms with van der Waals surface area (Å²) in [7, 11) is 0. The lowest BCUT2D eigenvalue weighted by molar-refractivity contribution is -0.383. The standard InChI is InChI=1S/C17H18N2O4S/c1-2-23-17(20)14-11-7-4-3-6-10(11)13(12-8-5-9-24-12)16(15(14)18)19(21)22/h5,8-9H,2-4,6-7,18H2,1H3. The van der Waals surface area contributed by atoms with Crippen molar-refractivity contribution >= 4 is 28.7 Å². The second-order valence-corrected chi connectivity index (χ2v) is 6.58. The Bertz CT molecular complexity index is 800. The molecular weight excluding hydrogens is 328 g/mol. The Balaban J connectivity index is 2.37. The van der Waals surface area contributed by atoms with Gasteiger partial charge in [0.25, 0.3) is 0 Å². The molecule has 0 fully saturated rings. The molecule has 2 N–H and O–H groups in total. The van der Waals surface area contributed by atoms with Crippen LogP contribution in [0.2, 0.25) is 0 Å². The Labute approximate surface area is 143 Å². The van der Waals surface area contributed by atoms with Crippen molar-refractivity contribution in [2.45, 2.75) is 32.6 Å². The number of hydrogen-bond donors (Lipinski definition) is 1. The number of nitro benzene ring substituents is 1. The molecule has 1 aromatic carbocycles. The smallest absolute Gasteiger partial charge is 0.340 e. The molecule has 0 bridgehead atoms. The fourth-order valence-corrected chi connectivity index (χ4v) is 4.13. The van der Waals surface area contributed by atoms with E-state index in [1.807, 2.05) is 17.5 Å². The van der Waals surface area contributed by atoms with Crippen molar-refractivity contribution in [3.05, 3.63) is 44.3 Å². The molecule has 0 saturated carbocycles. The number of carbonyl (C=O) groups excluding carboxylic acids is 1. The van der Waals surface area contributed by atoms with Crippen LogP contribution in [0.25, 0.3) is 10.4 Å². The van der Waals surface area contributed by atoms with Crippen LogP contribution in [-0.2, 0) is 17.6 Å². The molecule has 1 aromatic heterocycles. The van der Waals surface area contributed by atoms with Gasteiger partial charge in [0.1, 0.15) is 5.69 Å². The number of nitrogens with zero attached hydrogens (tertiary/aromatic N) is 1. The zero-order valence-corrected chi connectivity index (χ0v) is 14.1. The predicted octanol–water partition coefficient (Wildman–Crippen LogP) is 3.96. The Kier molecular flexibility index (Phi) is 4.53. The van der Waals surface area contributed by atoms with Crippen LogP contribution >= 0.6 is 11.3 Å². The van der Waals surface area contributed by atoms with Crippen LogP contribution in [0.15, 0.2) is 17.5 Å². The lowest BCUT2D eigenvalue weighted by atomic mass is 9.82. The fourth-order valence-electron chi connectivity index (χ4n) is 3.33. The number of anilines is 1. The second kappa shape index (κ2) is 6.60. The van der Waals surface area contributed by atoms with E-state index in [0.717, 1.165) is 28.8 Å². The summed E-state index contributed by atoms with van der Waals surface area (Å²) in [6, 6.07) is 3.71. The summed E-state index contributed by atoms with van der Waals surface area (Å²) in [6.07, 6.45) is 3.26. The summed E-state index contributed by atoms with van der Waals surface area (Å²) < 4.78 is 5.10. The van der Waals surface area contributed by atoms with Crippen LogP contribution in [0.3, 0.4) is 0 Å². The van der Waals surface area contributed by atoms with Gasteiger partial charge in [0.15, 0.2) is 0 Å². The average molecular weight is 346 g/mol. The highest BCUT2D eigenvalue weighted by atomic mass is 32.1. The molecule has 0 unspecified atom stereocenters. The van der Waals surface area contributed by atoms with E-state index in [0.29, 0.717) is 18.4 Å². The SMILES string of the molecule is CCOC(=O)c1c(N)c([N+](=O)[O-])c(-c2cccs2)c2c1CCCC2. The number of fused-ring (bicyclic) bond motifs is 1. The summed E-state index contributed by atoms with van der Waals surface area (Å²) in [6.45, 7) is 1.91. The van der Waals surface area contributed by atoms with E-state index in [2.05, 4.69) is 0 Å². The van der Waals surface area contributed by atoms with E-state index in [-0.39, 0.29) is 23.5 Å². The van der Waals surface area contributed by atoms with Gasteiger partial charge in [-0.1, -0.05) is 6.07 Å². The van der Waals surface area contributed by atoms with Crippen LogP contribution < -0.4 is 5.73 Å². The Morgan fingerprint density at radius 2 is 2.08 bits per heavy atom. The first-order valence-electron chi connectivity index (χ1n) is 7.88. The van der Waals surface area contributed by atoms with Crippen molar-refractivity contribution in [2.24, 2.45) is 0 Å². The summed E-state index contributed by atoms with van der Waals surface area (Å²) in [5, 5.41) is 13.6. The number of carbonyl (C=O) groups is 1. The average Bonchev–Trinajstić information content (AvgIpc) is 3.07. The van der Waals surface area contributed by atoms with E-state index in [9.17, 15) is 14.9 Å². The summed E-state index contributed by atoms with van der Waals surface area (Å²) in [4.78, 5) is 24.4. The highest BCUT2D eigenvalue weighted by molar-refractivity contribution is 7.13. The molecule has 7 heteroatoms. The maximum Gasteiger partial charge on any atom is 0.340 e. The van der Waals surface area contributed by atoms with Crippen molar-refractivity contribution in [1.82, 2.24) is 0 Å². The molecule has 2 aromatic rings. The molecule has 0 aliphatic heterocycles. The van der Waals surface area contributed by atoms with Gasteiger partial charge in [0, 0.05) is 4.88 Å². The minimum absolute atomic E-state index is 0.0810. The van der Waals surface area contributed by atoms with Gasteiger partial charge in [-0.05, 0) is 55.2 Å². The number of nitrogen functional groups attached to an aromatic ring is 1. The van der Waals surface area contributed by atoms with Crippen LogP contribution in [0.4, 0.5) is 11.4 Å². The van der Waals surface area contributed by atoms with Crippen molar-refractivity contribution in [3.8, 4) is 10.4 Å². The first-order chi connectivity index (χ1) is 11.6. The molecule has 1 heterocycles. The first kappa shape index (κ1) is 16.4. The zero-order valence-electron chi connectivity index (χ0n) is 13.3. The van der Waals surface area contributed by atoms with E-state index in [1.54, 1.807) is 6.92 Å². The number of nitro groups is 1. The molecule has 0 spiro atoms. The quantitative estimate of drug-likeness (QED) is 0.391. The second-order valence-electron chi connectivity index (χ2n) is 5.63. The molecule has 3 rings (SSSR count). The van der Waals surface area contributed by atoms with Crippen LogP contribution in [0, 0.1) is 10.1 Å². The van der Waals surface area contributed by atoms with Crippen molar-refractivity contribution in [1.29, 1.82) is 0 Å². The third-order valence-electron chi connectivity index (χ3n) is 4.26. The van der Waals surface area contributed by atoms with Gasteiger partial charge in [-0.3, -0.25) is 10.1 Å². The Hall–Kier alpha value is -2.41. The lowest BCUT2D eigenvalue weighted by Crippen LogP contribution is -2.18. The molecular formula is C17H18N2O4S. The topological polar surface area (TPSA) is 95.5 Å². The Morgan fingerprint density at radius 3 is 2.67 bits per heavy atom. The molecule has 0 amide bonds. The minimum atomic E-state index is -0.575. The minimum Gasteiger partial charge on any atom is -0.462 e.